The fourth-order valence-corrected chi connectivity index (χ4v) is 2.49. The molecule has 0 aromatic carbocycles. The lowest BCUT2D eigenvalue weighted by molar-refractivity contribution is -0.138. The number of rotatable bonds is 13. The third kappa shape index (κ3) is 9.15. The van der Waals surface area contributed by atoms with Crippen molar-refractivity contribution in [2.45, 2.75) is 13.0 Å². The van der Waals surface area contributed by atoms with E-state index in [9.17, 15) is 9.59 Å². The minimum atomic E-state index is -0.498. The first-order chi connectivity index (χ1) is 15.9. The fraction of sp³-hybridized carbons (Fsp3) is 0.476. The molecule has 12 nitrogen and oxygen atoms in total. The van der Waals surface area contributed by atoms with Crippen LogP contribution in [0.1, 0.15) is 6.92 Å². The Kier molecular flexibility index (Phi) is 10.6. The summed E-state index contributed by atoms with van der Waals surface area (Å²) in [6.45, 7) is 14.0. The third-order valence-electron chi connectivity index (χ3n) is 4.02. The second kappa shape index (κ2) is 13.7. The molecule has 2 heterocycles. The van der Waals surface area contributed by atoms with Gasteiger partial charge in [0.2, 0.25) is 0 Å². The Morgan fingerprint density at radius 1 is 1.12 bits per heavy atom. The van der Waals surface area contributed by atoms with Crippen LogP contribution in [0.15, 0.2) is 37.5 Å². The van der Waals surface area contributed by atoms with Gasteiger partial charge in [0, 0.05) is 12.1 Å². The number of urea groups is 1. The van der Waals surface area contributed by atoms with Gasteiger partial charge < -0.3 is 33.9 Å². The van der Waals surface area contributed by atoms with Gasteiger partial charge in [-0.05, 0) is 6.92 Å². The van der Waals surface area contributed by atoms with E-state index in [0.717, 1.165) is 0 Å². The van der Waals surface area contributed by atoms with Gasteiger partial charge in [-0.15, -0.1) is 15.0 Å². The monoisotopic (exact) mass is 463 g/mol. The average Bonchev–Trinajstić information content (AvgIpc) is 2.82. The number of carbonyl (C=O) groups excluding carboxylic acids is 2. The van der Waals surface area contributed by atoms with Crippen molar-refractivity contribution in [1.82, 2.24) is 25.2 Å². The van der Waals surface area contributed by atoms with E-state index in [4.69, 9.17) is 23.7 Å². The van der Waals surface area contributed by atoms with Gasteiger partial charge in [0.15, 0.2) is 0 Å². The van der Waals surface area contributed by atoms with E-state index in [1.807, 2.05) is 0 Å². The first kappa shape index (κ1) is 25.6. The fourth-order valence-electron chi connectivity index (χ4n) is 2.49. The molecule has 33 heavy (non-hydrogen) atoms. The SMILES string of the molecule is C=CCOc1nc(OCC=C)nc(OCC2CN(C(=O)NCCOC(=O)C(=C)C)CCO2)n1. The van der Waals surface area contributed by atoms with Gasteiger partial charge in [-0.3, -0.25) is 0 Å². The van der Waals surface area contributed by atoms with Crippen molar-refractivity contribution in [3.8, 4) is 18.0 Å². The summed E-state index contributed by atoms with van der Waals surface area (Å²) in [6.07, 6.45) is 2.70. The number of esters is 1. The quantitative estimate of drug-likeness (QED) is 0.195. The molecule has 2 amide bonds. The summed E-state index contributed by atoms with van der Waals surface area (Å²) >= 11 is 0. The largest absolute Gasteiger partial charge is 0.460 e. The average molecular weight is 463 g/mol. The Balaban J connectivity index is 1.84. The van der Waals surface area contributed by atoms with Crippen molar-refractivity contribution < 1.29 is 33.3 Å². The number of amides is 2. The molecular weight excluding hydrogens is 434 g/mol. The van der Waals surface area contributed by atoms with Crippen molar-refractivity contribution in [1.29, 1.82) is 0 Å². The summed E-state index contributed by atoms with van der Waals surface area (Å²) in [4.78, 5) is 37.5. The number of carbonyl (C=O) groups is 2. The Hall–Kier alpha value is -3.67. The molecule has 1 aliphatic rings. The summed E-state index contributed by atoms with van der Waals surface area (Å²) in [5.74, 6) is -0.498. The van der Waals surface area contributed by atoms with Crippen LogP contribution in [0, 0.1) is 0 Å². The molecule has 0 bridgehead atoms. The number of hydrogen-bond acceptors (Lipinski definition) is 10. The maximum Gasteiger partial charge on any atom is 0.333 e. The Morgan fingerprint density at radius 2 is 1.73 bits per heavy atom. The summed E-state index contributed by atoms with van der Waals surface area (Å²) in [5.41, 5.74) is 0.300. The predicted molar refractivity (Wildman–Crippen MR) is 117 cm³/mol. The third-order valence-corrected chi connectivity index (χ3v) is 4.02. The van der Waals surface area contributed by atoms with Crippen molar-refractivity contribution in [3.05, 3.63) is 37.5 Å². The number of hydrogen-bond donors (Lipinski definition) is 1. The number of morpholine rings is 1. The minimum absolute atomic E-state index is 0.00683. The van der Waals surface area contributed by atoms with E-state index in [1.165, 1.54) is 0 Å². The highest BCUT2D eigenvalue weighted by atomic mass is 16.6. The molecule has 1 aliphatic heterocycles. The Bertz CT molecular complexity index is 818. The normalized spacial score (nSPS) is 15.2. The summed E-state index contributed by atoms with van der Waals surface area (Å²) < 4.78 is 26.9. The Morgan fingerprint density at radius 3 is 2.30 bits per heavy atom. The zero-order chi connectivity index (χ0) is 24.1. The van der Waals surface area contributed by atoms with Crippen molar-refractivity contribution in [2.75, 3.05) is 52.7 Å². The number of nitrogens with one attached hydrogen (secondary N) is 1. The molecule has 1 saturated heterocycles. The van der Waals surface area contributed by atoms with E-state index in [-0.39, 0.29) is 57.0 Å². The zero-order valence-corrected chi connectivity index (χ0v) is 18.7. The van der Waals surface area contributed by atoms with Gasteiger partial charge in [0.05, 0.1) is 19.7 Å². The van der Waals surface area contributed by atoms with Crippen LogP contribution in [0.2, 0.25) is 0 Å². The van der Waals surface area contributed by atoms with Crippen LogP contribution >= 0.6 is 0 Å². The van der Waals surface area contributed by atoms with E-state index in [1.54, 1.807) is 24.0 Å². The van der Waals surface area contributed by atoms with Gasteiger partial charge in [-0.2, -0.15) is 0 Å². The first-order valence-electron chi connectivity index (χ1n) is 10.3. The predicted octanol–water partition coefficient (Wildman–Crippen LogP) is 0.910. The topological polar surface area (TPSA) is 134 Å². The molecular formula is C21H29N5O7. The molecule has 1 unspecified atom stereocenters. The van der Waals surface area contributed by atoms with E-state index >= 15 is 0 Å². The smallest absolute Gasteiger partial charge is 0.333 e. The lowest BCUT2D eigenvalue weighted by atomic mass is 10.3. The molecule has 0 spiro atoms. The van der Waals surface area contributed by atoms with Gasteiger partial charge >= 0.3 is 30.0 Å². The summed E-state index contributed by atoms with van der Waals surface area (Å²) in [6, 6.07) is -0.253. The molecule has 2 rings (SSSR count). The van der Waals surface area contributed by atoms with Crippen LogP contribution in [-0.4, -0.2) is 90.6 Å². The highest BCUT2D eigenvalue weighted by Crippen LogP contribution is 2.16. The highest BCUT2D eigenvalue weighted by molar-refractivity contribution is 5.86. The van der Waals surface area contributed by atoms with Crippen LogP contribution < -0.4 is 19.5 Å². The molecule has 0 saturated carbocycles. The second-order valence-corrected chi connectivity index (χ2v) is 6.78. The van der Waals surface area contributed by atoms with Crippen LogP contribution in [0.4, 0.5) is 4.79 Å². The maximum absolute atomic E-state index is 12.4. The van der Waals surface area contributed by atoms with Crippen molar-refractivity contribution in [3.63, 3.8) is 0 Å². The van der Waals surface area contributed by atoms with Crippen LogP contribution in [0.25, 0.3) is 0 Å². The maximum atomic E-state index is 12.4. The lowest BCUT2D eigenvalue weighted by Crippen LogP contribution is -2.51. The lowest BCUT2D eigenvalue weighted by Gasteiger charge is -2.32. The van der Waals surface area contributed by atoms with Gasteiger partial charge in [-0.25, -0.2) is 9.59 Å². The number of ether oxygens (including phenoxy) is 5. The number of nitrogens with zero attached hydrogens (tertiary/aromatic N) is 4. The highest BCUT2D eigenvalue weighted by Gasteiger charge is 2.25. The number of aromatic nitrogens is 3. The molecule has 1 N–H and O–H groups in total. The molecule has 1 fully saturated rings. The van der Waals surface area contributed by atoms with Gasteiger partial charge in [0.1, 0.15) is 32.5 Å². The van der Waals surface area contributed by atoms with Gasteiger partial charge in [-0.1, -0.05) is 31.9 Å². The van der Waals surface area contributed by atoms with Crippen LogP contribution in [0.3, 0.4) is 0 Å². The van der Waals surface area contributed by atoms with E-state index in [0.29, 0.717) is 25.3 Å². The first-order valence-corrected chi connectivity index (χ1v) is 10.3. The molecule has 12 heteroatoms. The van der Waals surface area contributed by atoms with Crippen LogP contribution in [0.5, 0.6) is 18.0 Å². The molecule has 1 aromatic heterocycles. The molecule has 1 atom stereocenters. The van der Waals surface area contributed by atoms with Gasteiger partial charge in [0.25, 0.3) is 0 Å². The van der Waals surface area contributed by atoms with E-state index < -0.39 is 12.1 Å². The second-order valence-electron chi connectivity index (χ2n) is 6.78. The summed E-state index contributed by atoms with van der Waals surface area (Å²) in [5, 5.41) is 2.70. The minimum Gasteiger partial charge on any atom is -0.460 e. The standard InChI is InChI=1S/C21H29N5O7/c1-5-9-31-18-23-19(32-10-6-2)25-20(24-18)33-14-16-13-26(8-12-29-16)21(28)22-7-11-30-17(27)15(3)4/h5-6,16H,1-3,7-14H2,4H3,(H,22,28). The van der Waals surface area contributed by atoms with Crippen molar-refractivity contribution >= 4 is 12.0 Å². The molecule has 0 radical (unpaired) electrons. The van der Waals surface area contributed by atoms with E-state index in [2.05, 4.69) is 40.0 Å². The van der Waals surface area contributed by atoms with Crippen LogP contribution in [-0.2, 0) is 14.3 Å². The zero-order valence-electron chi connectivity index (χ0n) is 18.7. The van der Waals surface area contributed by atoms with Crippen molar-refractivity contribution in [2.24, 2.45) is 0 Å². The molecule has 180 valence electrons. The molecule has 0 aliphatic carbocycles. The molecule has 1 aromatic rings. The Labute approximate surface area is 192 Å². The summed E-state index contributed by atoms with van der Waals surface area (Å²) in [7, 11) is 0.